The maximum Gasteiger partial charge on any atom is 0.303 e. The van der Waals surface area contributed by atoms with Crippen molar-refractivity contribution in [1.29, 1.82) is 0 Å². The molecule has 6 heteroatoms. The van der Waals surface area contributed by atoms with Crippen LogP contribution in [0.4, 0.5) is 0 Å². The van der Waals surface area contributed by atoms with Gasteiger partial charge in [0.15, 0.2) is 11.2 Å². The molecule has 3 aliphatic rings. The molecule has 0 aromatic rings. The molecule has 1 spiro atoms. The topological polar surface area (TPSA) is 96.4 Å². The molecule has 1 heterocycles. The van der Waals surface area contributed by atoms with Crippen molar-refractivity contribution >= 4 is 11.8 Å². The Bertz CT molecular complexity index is 596. The number of rotatable bonds is 3. The van der Waals surface area contributed by atoms with Crippen LogP contribution in [0.3, 0.4) is 0 Å². The second-order valence-corrected chi connectivity index (χ2v) is 7.79. The number of ketones is 1. The summed E-state index contributed by atoms with van der Waals surface area (Å²) in [5.41, 5.74) is -2.68. The highest BCUT2D eigenvalue weighted by Crippen LogP contribution is 2.72. The number of epoxide rings is 1. The zero-order valence-electron chi connectivity index (χ0n) is 14.0. The largest absolute Gasteiger partial charge is 0.459 e. The van der Waals surface area contributed by atoms with Crippen molar-refractivity contribution in [2.75, 3.05) is 6.61 Å². The quantitative estimate of drug-likeness (QED) is 0.448. The Hall–Kier alpha value is -1.24. The third kappa shape index (κ3) is 1.74. The third-order valence-corrected chi connectivity index (χ3v) is 5.95. The second kappa shape index (κ2) is 4.65. The molecule has 1 aliphatic heterocycles. The molecule has 0 amide bonds. The van der Waals surface area contributed by atoms with E-state index >= 15 is 0 Å². The number of carbonyl (C=O) groups excluding carboxylic acids is 2. The van der Waals surface area contributed by atoms with E-state index in [1.165, 1.54) is 6.92 Å². The summed E-state index contributed by atoms with van der Waals surface area (Å²) in [6.07, 6.45) is -1.15. The van der Waals surface area contributed by atoms with Crippen LogP contribution in [0.1, 0.15) is 34.1 Å². The molecule has 3 rings (SSSR count). The van der Waals surface area contributed by atoms with Crippen molar-refractivity contribution in [3.05, 3.63) is 12.2 Å². The highest BCUT2D eigenvalue weighted by atomic mass is 16.7. The molecule has 0 radical (unpaired) electrons. The molecule has 0 aromatic carbocycles. The van der Waals surface area contributed by atoms with E-state index in [0.29, 0.717) is 6.42 Å². The average Bonchev–Trinajstić information content (AvgIpc) is 3.12. The molecule has 3 fully saturated rings. The summed E-state index contributed by atoms with van der Waals surface area (Å²) in [6, 6.07) is 0. The van der Waals surface area contributed by atoms with Crippen molar-refractivity contribution < 1.29 is 29.3 Å². The van der Waals surface area contributed by atoms with Crippen LogP contribution in [0, 0.1) is 17.3 Å². The summed E-state index contributed by atoms with van der Waals surface area (Å²) in [7, 11) is 0. The van der Waals surface area contributed by atoms with Gasteiger partial charge < -0.3 is 19.7 Å². The summed E-state index contributed by atoms with van der Waals surface area (Å²) >= 11 is 0. The van der Waals surface area contributed by atoms with Gasteiger partial charge in [-0.15, -0.1) is 0 Å². The average molecular weight is 324 g/mol. The molecule has 1 saturated heterocycles. The summed E-state index contributed by atoms with van der Waals surface area (Å²) in [4.78, 5) is 24.4. The number of esters is 1. The minimum atomic E-state index is -1.45. The first kappa shape index (κ1) is 16.6. The first-order valence-corrected chi connectivity index (χ1v) is 7.95. The summed E-state index contributed by atoms with van der Waals surface area (Å²) < 4.78 is 11.6. The molecule has 2 aliphatic carbocycles. The predicted octanol–water partition coefficient (Wildman–Crippen LogP) is 0.600. The lowest BCUT2D eigenvalue weighted by Crippen LogP contribution is -2.58. The van der Waals surface area contributed by atoms with Crippen LogP contribution in [0.2, 0.25) is 0 Å². The van der Waals surface area contributed by atoms with E-state index in [9.17, 15) is 19.8 Å². The summed E-state index contributed by atoms with van der Waals surface area (Å²) in [5.74, 6) is -1.40. The molecular formula is C17H24O6. The number of ether oxygens (including phenoxy) is 2. The van der Waals surface area contributed by atoms with E-state index in [1.54, 1.807) is 0 Å². The van der Waals surface area contributed by atoms with Crippen LogP contribution in [-0.4, -0.2) is 52.0 Å². The lowest BCUT2D eigenvalue weighted by molar-refractivity contribution is -0.156. The molecule has 2 N–H and O–H groups in total. The Morgan fingerprint density at radius 2 is 2.09 bits per heavy atom. The van der Waals surface area contributed by atoms with E-state index in [0.717, 1.165) is 0 Å². The Labute approximate surface area is 135 Å². The van der Waals surface area contributed by atoms with Gasteiger partial charge in [-0.25, -0.2) is 0 Å². The maximum absolute atomic E-state index is 12.8. The van der Waals surface area contributed by atoms with Crippen molar-refractivity contribution in [1.82, 2.24) is 0 Å². The van der Waals surface area contributed by atoms with Gasteiger partial charge >= 0.3 is 5.97 Å². The van der Waals surface area contributed by atoms with E-state index < -0.39 is 47.2 Å². The fourth-order valence-electron chi connectivity index (χ4n) is 4.94. The van der Waals surface area contributed by atoms with E-state index in [2.05, 4.69) is 6.58 Å². The number of aliphatic hydroxyl groups is 2. The normalized spacial score (nSPS) is 46.8. The van der Waals surface area contributed by atoms with Crippen LogP contribution in [-0.2, 0) is 19.1 Å². The van der Waals surface area contributed by atoms with Crippen LogP contribution >= 0.6 is 0 Å². The highest BCUT2D eigenvalue weighted by Gasteiger charge is 2.89. The van der Waals surface area contributed by atoms with Crippen molar-refractivity contribution in [3.8, 4) is 0 Å². The van der Waals surface area contributed by atoms with Gasteiger partial charge in [-0.3, -0.25) is 9.59 Å². The van der Waals surface area contributed by atoms with Crippen LogP contribution < -0.4 is 0 Å². The van der Waals surface area contributed by atoms with Crippen LogP contribution in [0.15, 0.2) is 12.2 Å². The second-order valence-electron chi connectivity index (χ2n) is 7.79. The number of aliphatic hydroxyl groups excluding tert-OH is 2. The van der Waals surface area contributed by atoms with Crippen molar-refractivity contribution in [3.63, 3.8) is 0 Å². The first-order valence-electron chi connectivity index (χ1n) is 7.95. The predicted molar refractivity (Wildman–Crippen MR) is 80.4 cm³/mol. The number of hydrogen-bond donors (Lipinski definition) is 2. The fraction of sp³-hybridized carbons (Fsp3) is 0.765. The number of carbonyl (C=O) groups is 2. The van der Waals surface area contributed by atoms with Gasteiger partial charge in [0.1, 0.15) is 12.2 Å². The molecule has 128 valence electrons. The summed E-state index contributed by atoms with van der Waals surface area (Å²) in [5, 5.41) is 19.9. The first-order chi connectivity index (χ1) is 10.6. The molecule has 6 nitrogen and oxygen atoms in total. The van der Waals surface area contributed by atoms with E-state index in [1.807, 2.05) is 20.8 Å². The molecule has 2 saturated carbocycles. The number of hydrogen-bond acceptors (Lipinski definition) is 6. The van der Waals surface area contributed by atoms with Crippen molar-refractivity contribution in [2.24, 2.45) is 17.3 Å². The highest BCUT2D eigenvalue weighted by molar-refractivity contribution is 6.00. The van der Waals surface area contributed by atoms with Crippen LogP contribution in [0.25, 0.3) is 0 Å². The standard InChI is InChI=1S/C17H24O6/c1-8(7-18)16-13(21)12(20)9(2)11-6-15(4,5)14(22-10(3)19)17(11,16)23-16/h9,11-12,14,18,20H,1,6-7H2,2-5H3/t9-,11+,12-,14-,16+,17+/m0/s1. The minimum absolute atomic E-state index is 0.155. The van der Waals surface area contributed by atoms with Gasteiger partial charge in [0.25, 0.3) is 0 Å². The van der Waals surface area contributed by atoms with Gasteiger partial charge in [-0.2, -0.15) is 0 Å². The SMILES string of the molecule is C=C(CO)[C@]12O[C@@]13[C@H](CC(C)(C)[C@@H]3OC(C)=O)[C@H](C)[C@H](O)C2=O. The van der Waals surface area contributed by atoms with Crippen molar-refractivity contribution in [2.45, 2.75) is 57.5 Å². The van der Waals surface area contributed by atoms with Gasteiger partial charge in [-0.1, -0.05) is 27.4 Å². The Balaban J connectivity index is 2.15. The molecule has 6 atom stereocenters. The van der Waals surface area contributed by atoms with Crippen LogP contribution in [0.5, 0.6) is 0 Å². The Morgan fingerprint density at radius 1 is 1.48 bits per heavy atom. The molecule has 0 aromatic heterocycles. The minimum Gasteiger partial charge on any atom is -0.459 e. The third-order valence-electron chi connectivity index (χ3n) is 5.95. The van der Waals surface area contributed by atoms with E-state index in [-0.39, 0.29) is 17.4 Å². The monoisotopic (exact) mass is 324 g/mol. The summed E-state index contributed by atoms with van der Waals surface area (Å²) in [6.45, 7) is 10.4. The smallest absolute Gasteiger partial charge is 0.303 e. The molecular weight excluding hydrogens is 300 g/mol. The molecule has 0 unspecified atom stereocenters. The van der Waals surface area contributed by atoms with Gasteiger partial charge in [-0.05, 0) is 17.9 Å². The van der Waals surface area contributed by atoms with Gasteiger partial charge in [0.05, 0.1) is 6.61 Å². The maximum atomic E-state index is 12.8. The zero-order chi connectivity index (χ0) is 17.4. The lowest BCUT2D eigenvalue weighted by atomic mass is 9.64. The fourth-order valence-corrected chi connectivity index (χ4v) is 4.94. The Kier molecular flexibility index (Phi) is 3.36. The lowest BCUT2D eigenvalue weighted by Gasteiger charge is -2.37. The molecule has 0 bridgehead atoms. The van der Waals surface area contributed by atoms with Gasteiger partial charge in [0.2, 0.25) is 5.78 Å². The molecule has 23 heavy (non-hydrogen) atoms. The Morgan fingerprint density at radius 3 is 2.61 bits per heavy atom. The van der Waals surface area contributed by atoms with Gasteiger partial charge in [0, 0.05) is 18.3 Å². The van der Waals surface area contributed by atoms with E-state index in [4.69, 9.17) is 9.47 Å². The zero-order valence-corrected chi connectivity index (χ0v) is 14.0. The number of Topliss-reactive ketones (excluding diaryl/α,β-unsaturated/α-hetero) is 1.